The molecule has 1 aliphatic rings. The summed E-state index contributed by atoms with van der Waals surface area (Å²) in [7, 11) is 0. The van der Waals surface area contributed by atoms with Crippen LogP contribution in [0.1, 0.15) is 18.4 Å². The molecule has 0 aromatic heterocycles. The Hall–Kier alpha value is -1.30. The lowest BCUT2D eigenvalue weighted by Gasteiger charge is -2.21. The van der Waals surface area contributed by atoms with Crippen LogP contribution in [0.15, 0.2) is 18.2 Å². The van der Waals surface area contributed by atoms with Crippen LogP contribution in [0.25, 0.3) is 0 Å². The molecule has 7 heteroatoms. The van der Waals surface area contributed by atoms with Crippen molar-refractivity contribution in [2.24, 2.45) is 5.92 Å². The largest absolute Gasteiger partial charge is 0.347 e. The van der Waals surface area contributed by atoms with Crippen LogP contribution in [0.3, 0.4) is 0 Å². The first-order valence-electron chi connectivity index (χ1n) is 7.10. The van der Waals surface area contributed by atoms with Crippen molar-refractivity contribution in [2.75, 3.05) is 25.0 Å². The summed E-state index contributed by atoms with van der Waals surface area (Å²) in [6.07, 6.45) is 1.85. The van der Waals surface area contributed by atoms with Crippen LogP contribution in [-0.4, -0.2) is 31.4 Å². The number of aryl methyl sites for hydroxylation is 1. The maximum Gasteiger partial charge on any atom is 0.243 e. The molecule has 3 N–H and O–H groups in total. The van der Waals surface area contributed by atoms with Gasteiger partial charge in [0.15, 0.2) is 0 Å². The van der Waals surface area contributed by atoms with E-state index in [0.29, 0.717) is 17.3 Å². The molecule has 1 atom stereocenters. The van der Waals surface area contributed by atoms with Gasteiger partial charge in [0.1, 0.15) is 0 Å². The van der Waals surface area contributed by atoms with Gasteiger partial charge in [-0.15, -0.1) is 12.4 Å². The minimum absolute atomic E-state index is 0. The standard InChI is InChI=1S/C15H20ClN3O2.ClH/c1-10-4-5-13(12(16)7-10)19-14(20)9-18-15(21)11-3-2-6-17-8-11;/h4-5,7,11,17H,2-3,6,8-9H2,1H3,(H,18,21)(H,19,20);1H. The van der Waals surface area contributed by atoms with E-state index in [9.17, 15) is 9.59 Å². The van der Waals surface area contributed by atoms with Crippen molar-refractivity contribution in [1.82, 2.24) is 10.6 Å². The lowest BCUT2D eigenvalue weighted by Crippen LogP contribution is -2.42. The fraction of sp³-hybridized carbons (Fsp3) is 0.467. The number of hydrogen-bond acceptors (Lipinski definition) is 3. The highest BCUT2D eigenvalue weighted by molar-refractivity contribution is 6.33. The minimum Gasteiger partial charge on any atom is -0.347 e. The highest BCUT2D eigenvalue weighted by Crippen LogP contribution is 2.22. The smallest absolute Gasteiger partial charge is 0.243 e. The van der Waals surface area contributed by atoms with Crippen molar-refractivity contribution in [1.29, 1.82) is 0 Å². The van der Waals surface area contributed by atoms with E-state index in [0.717, 1.165) is 24.9 Å². The van der Waals surface area contributed by atoms with Crippen molar-refractivity contribution in [3.05, 3.63) is 28.8 Å². The highest BCUT2D eigenvalue weighted by Gasteiger charge is 2.21. The number of halogens is 2. The van der Waals surface area contributed by atoms with Crippen molar-refractivity contribution in [2.45, 2.75) is 19.8 Å². The zero-order chi connectivity index (χ0) is 15.2. The molecule has 122 valence electrons. The molecule has 0 saturated carbocycles. The van der Waals surface area contributed by atoms with Gasteiger partial charge in [-0.2, -0.15) is 0 Å². The minimum atomic E-state index is -0.280. The van der Waals surface area contributed by atoms with Crippen LogP contribution in [-0.2, 0) is 9.59 Å². The second-order valence-electron chi connectivity index (χ2n) is 5.29. The fourth-order valence-electron chi connectivity index (χ4n) is 2.30. The number of rotatable bonds is 4. The SMILES string of the molecule is Cc1ccc(NC(=O)CNC(=O)C2CCCNC2)c(Cl)c1.Cl. The van der Waals surface area contributed by atoms with Gasteiger partial charge in [0.25, 0.3) is 0 Å². The second kappa shape index (κ2) is 8.98. The molecule has 2 amide bonds. The summed E-state index contributed by atoms with van der Waals surface area (Å²) in [5.41, 5.74) is 1.58. The van der Waals surface area contributed by atoms with Crippen LogP contribution in [0.5, 0.6) is 0 Å². The van der Waals surface area contributed by atoms with E-state index in [4.69, 9.17) is 11.6 Å². The predicted octanol–water partition coefficient (Wildman–Crippen LogP) is 2.12. The summed E-state index contributed by atoms with van der Waals surface area (Å²) in [5, 5.41) is 9.03. The van der Waals surface area contributed by atoms with Crippen LogP contribution >= 0.6 is 24.0 Å². The third-order valence-corrected chi connectivity index (χ3v) is 3.80. The van der Waals surface area contributed by atoms with Gasteiger partial charge in [-0.1, -0.05) is 17.7 Å². The zero-order valence-electron chi connectivity index (χ0n) is 12.4. The molecule has 5 nitrogen and oxygen atoms in total. The third-order valence-electron chi connectivity index (χ3n) is 3.49. The number of carbonyl (C=O) groups is 2. The van der Waals surface area contributed by atoms with Gasteiger partial charge in [-0.3, -0.25) is 9.59 Å². The third kappa shape index (κ3) is 5.48. The van der Waals surface area contributed by atoms with Crippen LogP contribution in [0, 0.1) is 12.8 Å². The Bertz CT molecular complexity index is 532. The van der Waals surface area contributed by atoms with Crippen molar-refractivity contribution in [3.63, 3.8) is 0 Å². The van der Waals surface area contributed by atoms with E-state index in [-0.39, 0.29) is 36.7 Å². The van der Waals surface area contributed by atoms with Gasteiger partial charge < -0.3 is 16.0 Å². The van der Waals surface area contributed by atoms with Crippen LogP contribution < -0.4 is 16.0 Å². The number of anilines is 1. The summed E-state index contributed by atoms with van der Waals surface area (Å²) < 4.78 is 0. The number of piperidine rings is 1. The van der Waals surface area contributed by atoms with Crippen molar-refractivity contribution >= 4 is 41.5 Å². The fourth-order valence-corrected chi connectivity index (χ4v) is 2.59. The molecule has 2 rings (SSSR count). The average molecular weight is 346 g/mol. The molecule has 0 radical (unpaired) electrons. The van der Waals surface area contributed by atoms with Gasteiger partial charge >= 0.3 is 0 Å². The number of amides is 2. The van der Waals surface area contributed by atoms with E-state index in [1.807, 2.05) is 13.0 Å². The van der Waals surface area contributed by atoms with E-state index < -0.39 is 0 Å². The Labute approximate surface area is 141 Å². The van der Waals surface area contributed by atoms with Crippen molar-refractivity contribution in [3.8, 4) is 0 Å². The molecule has 0 bridgehead atoms. The summed E-state index contributed by atoms with van der Waals surface area (Å²) in [6.45, 7) is 3.52. The second-order valence-corrected chi connectivity index (χ2v) is 5.70. The average Bonchev–Trinajstić information content (AvgIpc) is 2.48. The summed E-state index contributed by atoms with van der Waals surface area (Å²) in [5.74, 6) is -0.403. The number of nitrogens with one attached hydrogen (secondary N) is 3. The summed E-state index contributed by atoms with van der Waals surface area (Å²) in [6, 6.07) is 5.40. The molecule has 1 unspecified atom stereocenters. The summed E-state index contributed by atoms with van der Waals surface area (Å²) in [4.78, 5) is 23.7. The molecule has 1 heterocycles. The lowest BCUT2D eigenvalue weighted by atomic mass is 9.99. The number of benzene rings is 1. The Morgan fingerprint density at radius 1 is 1.41 bits per heavy atom. The predicted molar refractivity (Wildman–Crippen MR) is 90.7 cm³/mol. The number of hydrogen-bond donors (Lipinski definition) is 3. The maximum atomic E-state index is 11.9. The monoisotopic (exact) mass is 345 g/mol. The van der Waals surface area contributed by atoms with Gasteiger partial charge in [0.05, 0.1) is 23.2 Å². The first kappa shape index (κ1) is 18.7. The molecule has 22 heavy (non-hydrogen) atoms. The van der Waals surface area contributed by atoms with Gasteiger partial charge in [-0.25, -0.2) is 0 Å². The molecule has 0 spiro atoms. The van der Waals surface area contributed by atoms with Gasteiger partial charge in [-0.05, 0) is 44.0 Å². The first-order valence-corrected chi connectivity index (χ1v) is 7.48. The van der Waals surface area contributed by atoms with Crippen LogP contribution in [0.2, 0.25) is 5.02 Å². The Morgan fingerprint density at radius 2 is 2.18 bits per heavy atom. The Kier molecular flexibility index (Phi) is 7.65. The number of carbonyl (C=O) groups excluding carboxylic acids is 2. The molecule has 1 fully saturated rings. The van der Waals surface area contributed by atoms with Gasteiger partial charge in [0.2, 0.25) is 11.8 Å². The van der Waals surface area contributed by atoms with Crippen molar-refractivity contribution < 1.29 is 9.59 Å². The normalized spacial score (nSPS) is 17.3. The quantitative estimate of drug-likeness (QED) is 0.782. The van der Waals surface area contributed by atoms with Gasteiger partial charge in [0, 0.05) is 6.54 Å². The first-order chi connectivity index (χ1) is 10.1. The van der Waals surface area contributed by atoms with Crippen LogP contribution in [0.4, 0.5) is 5.69 Å². The topological polar surface area (TPSA) is 70.2 Å². The maximum absolute atomic E-state index is 11.9. The Balaban J connectivity index is 0.00000242. The molecule has 1 aromatic rings. The molecular weight excluding hydrogens is 325 g/mol. The zero-order valence-corrected chi connectivity index (χ0v) is 14.0. The molecular formula is C15H21Cl2N3O2. The molecule has 0 aliphatic carbocycles. The molecule has 1 aromatic carbocycles. The Morgan fingerprint density at radius 3 is 2.82 bits per heavy atom. The van der Waals surface area contributed by atoms with E-state index in [1.165, 1.54) is 0 Å². The molecule has 1 saturated heterocycles. The molecule has 1 aliphatic heterocycles. The van der Waals surface area contributed by atoms with E-state index in [1.54, 1.807) is 12.1 Å². The highest BCUT2D eigenvalue weighted by atomic mass is 35.5. The van der Waals surface area contributed by atoms with E-state index >= 15 is 0 Å². The van der Waals surface area contributed by atoms with E-state index in [2.05, 4.69) is 16.0 Å². The lowest BCUT2D eigenvalue weighted by molar-refractivity contribution is -0.127. The summed E-state index contributed by atoms with van der Waals surface area (Å²) >= 11 is 6.05.